The smallest absolute Gasteiger partial charge is 0.205 e. The normalized spacial score (nSPS) is 41.2. The maximum absolute atomic E-state index is 17.7. The average molecular weight is 644 g/mol. The number of alkyl halides is 2. The van der Waals surface area contributed by atoms with Gasteiger partial charge in [0, 0.05) is 28.4 Å². The predicted octanol–water partition coefficient (Wildman–Crippen LogP) is 6.06. The van der Waals surface area contributed by atoms with E-state index in [0.29, 0.717) is 17.9 Å². The number of carbonyl (C=O) groups excluding carboxylic acids is 2. The van der Waals surface area contributed by atoms with Crippen molar-refractivity contribution in [2.24, 2.45) is 22.7 Å². The van der Waals surface area contributed by atoms with Crippen LogP contribution in [0.3, 0.4) is 0 Å². The molecule has 0 radical (unpaired) electrons. The van der Waals surface area contributed by atoms with E-state index in [0.717, 1.165) is 12.1 Å². The van der Waals surface area contributed by atoms with E-state index in [4.69, 9.17) is 18.9 Å². The number of hydrogen-bond donors (Lipinski definition) is 2. The summed E-state index contributed by atoms with van der Waals surface area (Å²) in [6.45, 7) is 11.2. The number of carbonyl (C=O) groups is 2. The number of fused-ring (bicyclic) bond motifs is 7. The van der Waals surface area contributed by atoms with Crippen LogP contribution in [-0.4, -0.2) is 71.9 Å². The molecular weight excluding hydrogens is 596 g/mol. The van der Waals surface area contributed by atoms with Crippen LogP contribution in [0, 0.1) is 22.7 Å². The van der Waals surface area contributed by atoms with Gasteiger partial charge in [0.25, 0.3) is 0 Å². The molecule has 1 saturated heterocycles. The number of rotatable bonds is 8. The van der Waals surface area contributed by atoms with Crippen molar-refractivity contribution in [1.82, 2.24) is 0 Å². The fourth-order valence-corrected chi connectivity index (χ4v) is 9.41. The topological polar surface area (TPSA) is 103 Å². The van der Waals surface area contributed by atoms with Crippen molar-refractivity contribution in [2.45, 2.75) is 115 Å². The number of allylic oxidation sites excluding steroid dienone is 4. The Kier molecular flexibility index (Phi) is 8.00. The molecule has 1 aliphatic heterocycles. The first-order valence-corrected chi connectivity index (χ1v) is 16.5. The number of aliphatic hydroxyl groups excluding tert-OH is 1. The highest BCUT2D eigenvalue weighted by Gasteiger charge is 2.80. The summed E-state index contributed by atoms with van der Waals surface area (Å²) in [5.41, 5.74) is -5.74. The number of aliphatic hydroxyl groups is 1. The summed E-state index contributed by atoms with van der Waals surface area (Å²) >= 11 is 0. The van der Waals surface area contributed by atoms with Crippen LogP contribution in [0.2, 0.25) is 0 Å². The van der Waals surface area contributed by atoms with Gasteiger partial charge < -0.3 is 29.4 Å². The summed E-state index contributed by atoms with van der Waals surface area (Å²) < 4.78 is 58.2. The van der Waals surface area contributed by atoms with Gasteiger partial charge in [-0.2, -0.15) is 0 Å². The summed E-state index contributed by atoms with van der Waals surface area (Å²) in [6.07, 6.45) is 0.646. The molecular formula is C36H47F2NO7. The van der Waals surface area contributed by atoms with Gasteiger partial charge in [0.05, 0.1) is 25.0 Å². The Balaban J connectivity index is 1.33. The van der Waals surface area contributed by atoms with E-state index < -0.39 is 64.4 Å². The second-order valence-electron chi connectivity index (χ2n) is 15.2. The number of methoxy groups -OCH3 is 1. The summed E-state index contributed by atoms with van der Waals surface area (Å²) in [6, 6.07) is 5.29. The molecule has 4 aliphatic carbocycles. The molecule has 3 saturated carbocycles. The van der Waals surface area contributed by atoms with Gasteiger partial charge in [0.15, 0.2) is 23.3 Å². The summed E-state index contributed by atoms with van der Waals surface area (Å²) in [5.74, 6) is -1.27. The zero-order chi connectivity index (χ0) is 33.4. The quantitative estimate of drug-likeness (QED) is 0.353. The van der Waals surface area contributed by atoms with Crippen LogP contribution < -0.4 is 14.8 Å². The fraction of sp³-hybridized carbons (Fsp3) is 0.667. The zero-order valence-electron chi connectivity index (χ0n) is 27.8. The Morgan fingerprint density at radius 3 is 2.61 bits per heavy atom. The minimum absolute atomic E-state index is 0.0634. The number of benzene rings is 1. The third-order valence-electron chi connectivity index (χ3n) is 11.4. The lowest BCUT2D eigenvalue weighted by Gasteiger charge is -2.63. The maximum atomic E-state index is 17.7. The minimum atomic E-state index is -2.26. The molecule has 0 amide bonds. The highest BCUT2D eigenvalue weighted by Crippen LogP contribution is 2.72. The fourth-order valence-electron chi connectivity index (χ4n) is 9.41. The SMILES string of the molecule is CCCC1O[C@@H]2C[C@H]3[C@@H]4C[C@H](F)C5=CC(=O)C=C[C@]5(C)[C@@]4(F)[C@@H](O)C[C@]3(C)[C@]2(C(=O)COc2ccc(NC(C)(C)C)c(OC)c2)O1. The largest absolute Gasteiger partial charge is 0.494 e. The number of halogens is 2. The Hall–Kier alpha value is -2.82. The highest BCUT2D eigenvalue weighted by atomic mass is 19.1. The standard InChI is InChI=1S/C36H47F2NO7/c1-8-9-31-45-30-17-22-23-16-25(37)24-14-20(40)12-13-33(24,5)35(23,38)28(41)18-34(22,6)36(30,46-31)29(42)19-44-21-10-11-26(27(15-21)43-7)39-32(2,3)4/h10-15,22-23,25,28,30-31,39,41H,8-9,16-19H2,1-7H3/t22-,23-,25-,28-,30+,31?,33-,34-,35-,36+/m0/s1. The monoisotopic (exact) mass is 643 g/mol. The van der Waals surface area contributed by atoms with Gasteiger partial charge in [-0.15, -0.1) is 0 Å². The Morgan fingerprint density at radius 1 is 1.20 bits per heavy atom. The Morgan fingerprint density at radius 2 is 1.93 bits per heavy atom. The van der Waals surface area contributed by atoms with Gasteiger partial charge in [-0.25, -0.2) is 8.78 Å². The molecule has 5 aliphatic rings. The second-order valence-corrected chi connectivity index (χ2v) is 15.2. The van der Waals surface area contributed by atoms with Gasteiger partial charge in [-0.1, -0.05) is 26.3 Å². The Labute approximate surface area is 269 Å². The highest BCUT2D eigenvalue weighted by molar-refractivity contribution is 6.01. The molecule has 8 nitrogen and oxygen atoms in total. The molecule has 1 aromatic carbocycles. The number of ether oxygens (including phenoxy) is 4. The number of hydrogen-bond acceptors (Lipinski definition) is 8. The summed E-state index contributed by atoms with van der Waals surface area (Å²) in [7, 11) is 1.56. The second kappa shape index (κ2) is 11.1. The van der Waals surface area contributed by atoms with Crippen molar-refractivity contribution < 1.29 is 42.4 Å². The maximum Gasteiger partial charge on any atom is 0.205 e. The van der Waals surface area contributed by atoms with E-state index >= 15 is 8.78 Å². The zero-order valence-corrected chi connectivity index (χ0v) is 27.8. The molecule has 2 N–H and O–H groups in total. The van der Waals surface area contributed by atoms with Crippen molar-refractivity contribution in [2.75, 3.05) is 19.0 Å². The van der Waals surface area contributed by atoms with Crippen molar-refractivity contribution in [3.05, 3.63) is 42.0 Å². The van der Waals surface area contributed by atoms with Crippen LogP contribution in [0.15, 0.2) is 42.0 Å². The molecule has 46 heavy (non-hydrogen) atoms. The molecule has 1 unspecified atom stereocenters. The van der Waals surface area contributed by atoms with Crippen LogP contribution in [0.1, 0.15) is 73.6 Å². The lowest BCUT2D eigenvalue weighted by atomic mass is 9.44. The first-order valence-electron chi connectivity index (χ1n) is 16.5. The van der Waals surface area contributed by atoms with Gasteiger partial charge in [0.1, 0.15) is 24.3 Å². The number of anilines is 1. The van der Waals surface area contributed by atoms with Gasteiger partial charge in [0.2, 0.25) is 5.78 Å². The van der Waals surface area contributed by atoms with Crippen LogP contribution in [0.4, 0.5) is 14.5 Å². The lowest BCUT2D eigenvalue weighted by Crippen LogP contribution is -2.71. The summed E-state index contributed by atoms with van der Waals surface area (Å²) in [4.78, 5) is 26.7. The molecule has 10 heteroatoms. The van der Waals surface area contributed by atoms with Crippen molar-refractivity contribution >= 4 is 17.3 Å². The van der Waals surface area contributed by atoms with Crippen LogP contribution in [-0.2, 0) is 19.1 Å². The van der Waals surface area contributed by atoms with E-state index in [1.807, 2.05) is 40.7 Å². The minimum Gasteiger partial charge on any atom is -0.494 e. The molecule has 1 heterocycles. The van der Waals surface area contributed by atoms with Crippen LogP contribution >= 0.6 is 0 Å². The molecule has 4 fully saturated rings. The van der Waals surface area contributed by atoms with E-state index in [1.165, 1.54) is 18.2 Å². The first kappa shape index (κ1) is 33.1. The Bertz CT molecular complexity index is 1470. The van der Waals surface area contributed by atoms with E-state index in [2.05, 4.69) is 5.32 Å². The third-order valence-corrected chi connectivity index (χ3v) is 11.4. The van der Waals surface area contributed by atoms with Crippen molar-refractivity contribution in [3.63, 3.8) is 0 Å². The molecule has 0 bridgehead atoms. The average Bonchev–Trinajstić information content (AvgIpc) is 3.46. The number of Topliss-reactive ketones (excluding diaryl/α,β-unsaturated/α-hetero) is 1. The molecule has 0 spiro atoms. The molecule has 1 aromatic rings. The predicted molar refractivity (Wildman–Crippen MR) is 168 cm³/mol. The van der Waals surface area contributed by atoms with Gasteiger partial charge in [-0.3, -0.25) is 9.59 Å². The van der Waals surface area contributed by atoms with E-state index in [9.17, 15) is 14.7 Å². The molecule has 6 rings (SSSR count). The van der Waals surface area contributed by atoms with Crippen LogP contribution in [0.5, 0.6) is 11.5 Å². The molecule has 10 atom stereocenters. The third kappa shape index (κ3) is 4.68. The first-order chi connectivity index (χ1) is 21.5. The van der Waals surface area contributed by atoms with E-state index in [1.54, 1.807) is 26.2 Å². The van der Waals surface area contributed by atoms with Crippen molar-refractivity contribution in [1.29, 1.82) is 0 Å². The number of nitrogens with one attached hydrogen (secondary N) is 1. The van der Waals surface area contributed by atoms with Gasteiger partial charge in [-0.05, 0) is 89.2 Å². The van der Waals surface area contributed by atoms with Crippen LogP contribution in [0.25, 0.3) is 0 Å². The molecule has 252 valence electrons. The van der Waals surface area contributed by atoms with E-state index in [-0.39, 0.29) is 42.8 Å². The number of ketones is 2. The van der Waals surface area contributed by atoms with Crippen molar-refractivity contribution in [3.8, 4) is 11.5 Å². The molecule has 0 aromatic heterocycles. The lowest BCUT2D eigenvalue weighted by molar-refractivity contribution is -0.234. The van der Waals surface area contributed by atoms with Gasteiger partial charge >= 0.3 is 0 Å². The summed E-state index contributed by atoms with van der Waals surface area (Å²) in [5, 5.41) is 15.2.